The second-order valence-corrected chi connectivity index (χ2v) is 6.02. The average molecular weight is 258 g/mol. The van der Waals surface area contributed by atoms with Gasteiger partial charge in [0.2, 0.25) is 0 Å². The van der Waals surface area contributed by atoms with Gasteiger partial charge in [0.1, 0.15) is 6.10 Å². The first-order valence-corrected chi connectivity index (χ1v) is 6.09. The summed E-state index contributed by atoms with van der Waals surface area (Å²) in [6.45, 7) is 2.11. The van der Waals surface area contributed by atoms with Crippen molar-refractivity contribution in [3.63, 3.8) is 0 Å². The van der Waals surface area contributed by atoms with Crippen LogP contribution >= 0.6 is 23.2 Å². The number of rotatable bonds is 1. The average Bonchev–Trinajstić information content (AvgIpc) is 2.56. The Morgan fingerprint density at radius 1 is 1.31 bits per heavy atom. The molecule has 2 aliphatic heterocycles. The topological polar surface area (TPSA) is 35.2 Å². The van der Waals surface area contributed by atoms with Crippen LogP contribution in [0, 0.1) is 0 Å². The summed E-state index contributed by atoms with van der Waals surface area (Å²) >= 11 is 11.9. The molecule has 1 atom stereocenters. The van der Waals surface area contributed by atoms with E-state index in [0.717, 1.165) is 18.4 Å². The van der Waals surface area contributed by atoms with Crippen LogP contribution in [0.25, 0.3) is 0 Å². The van der Waals surface area contributed by atoms with E-state index in [9.17, 15) is 0 Å². The number of ether oxygens (including phenoxy) is 1. The third kappa shape index (κ3) is 1.41. The maximum atomic E-state index is 6.29. The molecule has 3 fully saturated rings. The van der Waals surface area contributed by atoms with Crippen molar-refractivity contribution in [1.82, 2.24) is 0 Å². The molecule has 0 amide bonds. The molecule has 0 spiro atoms. The molecule has 0 aromatic heterocycles. The Balaban J connectivity index is 1.97. The first-order valence-electron chi connectivity index (χ1n) is 5.34. The standard InChI is InChI=1S/C12H13Cl2NO/c1-11-5-12(15,6-11)10(16-11)7-2-3-8(13)9(14)4-7/h2-4,10H,5-6,15H2,1H3. The molecular formula is C12H13Cl2NO. The summed E-state index contributed by atoms with van der Waals surface area (Å²) in [6, 6.07) is 5.59. The Bertz CT molecular complexity index is 454. The van der Waals surface area contributed by atoms with Gasteiger partial charge in [-0.25, -0.2) is 0 Å². The number of hydrogen-bond acceptors (Lipinski definition) is 2. The van der Waals surface area contributed by atoms with E-state index in [-0.39, 0.29) is 17.2 Å². The van der Waals surface area contributed by atoms with Crippen LogP contribution in [0.5, 0.6) is 0 Å². The van der Waals surface area contributed by atoms with Crippen LogP contribution in [0.15, 0.2) is 18.2 Å². The zero-order valence-corrected chi connectivity index (χ0v) is 10.5. The lowest BCUT2D eigenvalue weighted by Gasteiger charge is -2.40. The molecule has 1 aromatic carbocycles. The fourth-order valence-corrected chi connectivity index (χ4v) is 3.39. The summed E-state index contributed by atoms with van der Waals surface area (Å²) in [5.74, 6) is 0. The summed E-state index contributed by atoms with van der Waals surface area (Å²) in [4.78, 5) is 0. The first-order chi connectivity index (χ1) is 7.42. The Hall–Kier alpha value is -0.280. The molecule has 1 saturated carbocycles. The van der Waals surface area contributed by atoms with Gasteiger partial charge in [0.05, 0.1) is 21.2 Å². The molecule has 2 nitrogen and oxygen atoms in total. The summed E-state index contributed by atoms with van der Waals surface area (Å²) < 4.78 is 5.98. The molecule has 1 aliphatic carbocycles. The monoisotopic (exact) mass is 257 g/mol. The quantitative estimate of drug-likeness (QED) is 0.838. The molecule has 1 aromatic rings. The van der Waals surface area contributed by atoms with Crippen molar-refractivity contribution in [1.29, 1.82) is 0 Å². The lowest BCUT2D eigenvalue weighted by molar-refractivity contribution is -0.00896. The minimum atomic E-state index is -0.216. The van der Waals surface area contributed by atoms with E-state index in [0.29, 0.717) is 10.0 Å². The van der Waals surface area contributed by atoms with Gasteiger partial charge < -0.3 is 10.5 Å². The minimum Gasteiger partial charge on any atom is -0.365 e. The van der Waals surface area contributed by atoms with E-state index in [1.807, 2.05) is 12.1 Å². The summed E-state index contributed by atoms with van der Waals surface area (Å²) in [5.41, 5.74) is 7.07. The van der Waals surface area contributed by atoms with Crippen molar-refractivity contribution in [3.8, 4) is 0 Å². The van der Waals surface area contributed by atoms with Crippen molar-refractivity contribution in [3.05, 3.63) is 33.8 Å². The minimum absolute atomic E-state index is 0.0362. The highest BCUT2D eigenvalue weighted by Crippen LogP contribution is 2.59. The molecule has 3 aliphatic rings. The van der Waals surface area contributed by atoms with E-state index in [1.54, 1.807) is 6.07 Å². The predicted octanol–water partition coefficient (Wildman–Crippen LogP) is 3.31. The maximum absolute atomic E-state index is 6.29. The molecule has 4 rings (SSSR count). The maximum Gasteiger partial charge on any atom is 0.101 e. The number of hydrogen-bond donors (Lipinski definition) is 1. The van der Waals surface area contributed by atoms with Crippen molar-refractivity contribution in [2.24, 2.45) is 5.73 Å². The van der Waals surface area contributed by atoms with Gasteiger partial charge in [0.25, 0.3) is 0 Å². The third-order valence-electron chi connectivity index (χ3n) is 3.58. The van der Waals surface area contributed by atoms with Crippen molar-refractivity contribution < 1.29 is 4.74 Å². The number of nitrogens with two attached hydrogens (primary N) is 1. The summed E-state index contributed by atoms with van der Waals surface area (Å²) in [5, 5.41) is 1.12. The molecule has 0 radical (unpaired) electrons. The van der Waals surface area contributed by atoms with Crippen LogP contribution in [-0.4, -0.2) is 11.1 Å². The predicted molar refractivity (Wildman–Crippen MR) is 64.8 cm³/mol. The van der Waals surface area contributed by atoms with Gasteiger partial charge in [0, 0.05) is 0 Å². The zero-order valence-electron chi connectivity index (χ0n) is 8.97. The Kier molecular flexibility index (Phi) is 2.13. The number of fused-ring (bicyclic) bond motifs is 1. The Labute approximate surface area is 105 Å². The van der Waals surface area contributed by atoms with Crippen molar-refractivity contribution in [2.75, 3.05) is 0 Å². The molecule has 4 heteroatoms. The Morgan fingerprint density at radius 2 is 2.00 bits per heavy atom. The van der Waals surface area contributed by atoms with Crippen LogP contribution in [0.1, 0.15) is 31.4 Å². The molecule has 2 bridgehead atoms. The van der Waals surface area contributed by atoms with E-state index in [4.69, 9.17) is 33.7 Å². The second kappa shape index (κ2) is 3.14. The zero-order chi connectivity index (χ0) is 11.6. The molecule has 2 heterocycles. The summed E-state index contributed by atoms with van der Waals surface area (Å²) in [6.07, 6.45) is 1.79. The van der Waals surface area contributed by atoms with Gasteiger partial charge in [-0.05, 0) is 37.5 Å². The van der Waals surface area contributed by atoms with Crippen LogP contribution in [0.3, 0.4) is 0 Å². The first kappa shape index (κ1) is 10.8. The highest BCUT2D eigenvalue weighted by Gasteiger charge is 2.63. The van der Waals surface area contributed by atoms with Crippen molar-refractivity contribution >= 4 is 23.2 Å². The van der Waals surface area contributed by atoms with Crippen LogP contribution in [0.2, 0.25) is 10.0 Å². The highest BCUT2D eigenvalue weighted by molar-refractivity contribution is 6.42. The van der Waals surface area contributed by atoms with Gasteiger partial charge in [-0.3, -0.25) is 0 Å². The SMILES string of the molecule is CC12CC(N)(C1)C(c1ccc(Cl)c(Cl)c1)O2. The molecule has 2 saturated heterocycles. The lowest BCUT2D eigenvalue weighted by atomic mass is 9.67. The third-order valence-corrected chi connectivity index (χ3v) is 4.32. The fraction of sp³-hybridized carbons (Fsp3) is 0.500. The molecule has 16 heavy (non-hydrogen) atoms. The largest absolute Gasteiger partial charge is 0.365 e. The molecule has 1 unspecified atom stereocenters. The molecular weight excluding hydrogens is 245 g/mol. The Morgan fingerprint density at radius 3 is 2.50 bits per heavy atom. The fourth-order valence-electron chi connectivity index (χ4n) is 3.09. The second-order valence-electron chi connectivity index (χ2n) is 5.21. The number of halogens is 2. The highest BCUT2D eigenvalue weighted by atomic mass is 35.5. The van der Waals surface area contributed by atoms with Gasteiger partial charge in [-0.1, -0.05) is 29.3 Å². The number of benzene rings is 1. The van der Waals surface area contributed by atoms with Gasteiger partial charge >= 0.3 is 0 Å². The molecule has 86 valence electrons. The van der Waals surface area contributed by atoms with Crippen LogP contribution in [-0.2, 0) is 4.74 Å². The van der Waals surface area contributed by atoms with Crippen LogP contribution in [0.4, 0.5) is 0 Å². The smallest absolute Gasteiger partial charge is 0.101 e. The lowest BCUT2D eigenvalue weighted by Crippen LogP contribution is -2.54. The summed E-state index contributed by atoms with van der Waals surface area (Å²) in [7, 11) is 0. The van der Waals surface area contributed by atoms with E-state index >= 15 is 0 Å². The normalized spacial score (nSPS) is 40.9. The van der Waals surface area contributed by atoms with E-state index in [2.05, 4.69) is 6.92 Å². The molecule has 2 N–H and O–H groups in total. The van der Waals surface area contributed by atoms with E-state index < -0.39 is 0 Å². The van der Waals surface area contributed by atoms with Crippen molar-refractivity contribution in [2.45, 2.75) is 37.0 Å². The van der Waals surface area contributed by atoms with Gasteiger partial charge in [0.15, 0.2) is 0 Å². The van der Waals surface area contributed by atoms with E-state index in [1.165, 1.54) is 0 Å². The van der Waals surface area contributed by atoms with Gasteiger partial charge in [-0.15, -0.1) is 0 Å². The van der Waals surface area contributed by atoms with Gasteiger partial charge in [-0.2, -0.15) is 0 Å². The van der Waals surface area contributed by atoms with Crippen LogP contribution < -0.4 is 5.73 Å².